The van der Waals surface area contributed by atoms with E-state index in [0.717, 1.165) is 35.0 Å². The molecule has 0 radical (unpaired) electrons. The molecular formula is C20H30N6O. The average molecular weight is 371 g/mol. The first kappa shape index (κ1) is 20.6. The van der Waals surface area contributed by atoms with Crippen molar-refractivity contribution in [2.45, 2.75) is 52.5 Å². The smallest absolute Gasteiger partial charge is 0.222 e. The van der Waals surface area contributed by atoms with Crippen LogP contribution in [0.3, 0.4) is 0 Å². The molecule has 2 aromatic heterocycles. The number of aliphatic hydroxyl groups excluding tert-OH is 1. The summed E-state index contributed by atoms with van der Waals surface area (Å²) in [6, 6.07) is 8.01. The third-order valence-corrected chi connectivity index (χ3v) is 3.98. The Balaban J connectivity index is 0.000000817. The van der Waals surface area contributed by atoms with Crippen LogP contribution in [0.4, 0.5) is 11.8 Å². The van der Waals surface area contributed by atoms with Crippen molar-refractivity contribution in [3.8, 4) is 11.3 Å². The van der Waals surface area contributed by atoms with Gasteiger partial charge in [-0.1, -0.05) is 39.7 Å². The summed E-state index contributed by atoms with van der Waals surface area (Å²) in [4.78, 5) is 8.70. The fraction of sp³-hybridized carbons (Fsp3) is 0.450. The molecule has 27 heavy (non-hydrogen) atoms. The minimum atomic E-state index is 0.139. The van der Waals surface area contributed by atoms with E-state index in [1.807, 2.05) is 24.3 Å². The fourth-order valence-electron chi connectivity index (χ4n) is 2.83. The molecule has 0 aliphatic heterocycles. The Hall–Kier alpha value is -2.67. The lowest BCUT2D eigenvalue weighted by molar-refractivity contribution is 0.276. The normalized spacial score (nSPS) is 11.7. The second kappa shape index (κ2) is 10.5. The number of hydrogen-bond acceptors (Lipinski definition) is 6. The molecule has 7 heteroatoms. The van der Waals surface area contributed by atoms with Crippen molar-refractivity contribution in [1.82, 2.24) is 20.2 Å². The van der Waals surface area contributed by atoms with Gasteiger partial charge in [0.25, 0.3) is 0 Å². The highest BCUT2D eigenvalue weighted by Crippen LogP contribution is 2.27. The summed E-state index contributed by atoms with van der Waals surface area (Å²) in [5.74, 6) is 0.937. The van der Waals surface area contributed by atoms with Crippen LogP contribution in [-0.4, -0.2) is 37.9 Å². The first-order valence-electron chi connectivity index (χ1n) is 9.57. The second-order valence-corrected chi connectivity index (χ2v) is 6.48. The zero-order valence-corrected chi connectivity index (χ0v) is 16.4. The van der Waals surface area contributed by atoms with Crippen LogP contribution in [0.15, 0.2) is 30.5 Å². The van der Waals surface area contributed by atoms with Crippen molar-refractivity contribution in [1.29, 1.82) is 0 Å². The third-order valence-electron chi connectivity index (χ3n) is 3.98. The van der Waals surface area contributed by atoms with Crippen LogP contribution in [-0.2, 0) is 0 Å². The standard InChI is InChI=1S/C17H22N6O.C3H8/c1-2-3-12(7-9-24)20-16-13-5-4-11(14-6-8-19-23-14)10-15(13)21-17(18)22-16;1-3-2/h4-6,8,10,12,24H,2-3,7,9H2,1H3,(H,19,23)(H3,18,20,21,22);3H2,1-2H3. The average Bonchev–Trinajstić information content (AvgIpc) is 3.17. The highest BCUT2D eigenvalue weighted by atomic mass is 16.3. The van der Waals surface area contributed by atoms with Gasteiger partial charge in [-0.3, -0.25) is 5.10 Å². The second-order valence-electron chi connectivity index (χ2n) is 6.48. The molecule has 0 spiro atoms. The predicted molar refractivity (Wildman–Crippen MR) is 112 cm³/mol. The predicted octanol–water partition coefficient (Wildman–Crippen LogP) is 3.98. The van der Waals surface area contributed by atoms with Crippen LogP contribution in [0.25, 0.3) is 22.2 Å². The van der Waals surface area contributed by atoms with Crippen LogP contribution in [0.1, 0.15) is 46.5 Å². The van der Waals surface area contributed by atoms with E-state index in [-0.39, 0.29) is 18.6 Å². The fourth-order valence-corrected chi connectivity index (χ4v) is 2.83. The van der Waals surface area contributed by atoms with Gasteiger partial charge in [-0.2, -0.15) is 10.1 Å². The van der Waals surface area contributed by atoms with E-state index < -0.39 is 0 Å². The maximum absolute atomic E-state index is 9.24. The highest BCUT2D eigenvalue weighted by Gasteiger charge is 2.13. The molecule has 1 unspecified atom stereocenters. The van der Waals surface area contributed by atoms with Gasteiger partial charge >= 0.3 is 0 Å². The largest absolute Gasteiger partial charge is 0.396 e. The summed E-state index contributed by atoms with van der Waals surface area (Å²) in [6.45, 7) is 6.51. The van der Waals surface area contributed by atoms with E-state index >= 15 is 0 Å². The number of aromatic nitrogens is 4. The Morgan fingerprint density at radius 2 is 1.93 bits per heavy atom. The molecule has 0 aliphatic rings. The van der Waals surface area contributed by atoms with Gasteiger partial charge in [0.05, 0.1) is 11.2 Å². The number of benzene rings is 1. The molecular weight excluding hydrogens is 340 g/mol. The topological polar surface area (TPSA) is 113 Å². The number of nitrogens with one attached hydrogen (secondary N) is 2. The van der Waals surface area contributed by atoms with Gasteiger partial charge < -0.3 is 16.2 Å². The Morgan fingerprint density at radius 1 is 1.15 bits per heavy atom. The zero-order valence-electron chi connectivity index (χ0n) is 16.4. The molecule has 146 valence electrons. The molecule has 3 aromatic rings. The molecule has 1 atom stereocenters. The Bertz CT molecular complexity index is 813. The van der Waals surface area contributed by atoms with Crippen molar-refractivity contribution in [3.63, 3.8) is 0 Å². The van der Waals surface area contributed by atoms with Gasteiger partial charge in [0.2, 0.25) is 5.95 Å². The molecule has 0 aliphatic carbocycles. The first-order valence-corrected chi connectivity index (χ1v) is 9.57. The molecule has 0 fully saturated rings. The summed E-state index contributed by atoms with van der Waals surface area (Å²) in [5.41, 5.74) is 8.57. The van der Waals surface area contributed by atoms with Crippen molar-refractivity contribution in [2.75, 3.05) is 17.7 Å². The highest BCUT2D eigenvalue weighted by molar-refractivity contribution is 5.92. The summed E-state index contributed by atoms with van der Waals surface area (Å²) in [7, 11) is 0. The van der Waals surface area contributed by atoms with E-state index in [1.165, 1.54) is 6.42 Å². The van der Waals surface area contributed by atoms with Gasteiger partial charge in [-0.25, -0.2) is 4.98 Å². The van der Waals surface area contributed by atoms with E-state index in [4.69, 9.17) is 5.73 Å². The third kappa shape index (κ3) is 5.65. The van der Waals surface area contributed by atoms with Gasteiger partial charge in [0, 0.05) is 29.8 Å². The number of aliphatic hydroxyl groups is 1. The van der Waals surface area contributed by atoms with E-state index in [9.17, 15) is 5.11 Å². The van der Waals surface area contributed by atoms with Crippen LogP contribution in [0, 0.1) is 0 Å². The summed E-state index contributed by atoms with van der Waals surface area (Å²) >= 11 is 0. The monoisotopic (exact) mass is 370 g/mol. The van der Waals surface area contributed by atoms with Gasteiger partial charge in [0.1, 0.15) is 5.82 Å². The number of anilines is 2. The van der Waals surface area contributed by atoms with Crippen LogP contribution < -0.4 is 11.1 Å². The van der Waals surface area contributed by atoms with Crippen molar-refractivity contribution in [3.05, 3.63) is 30.5 Å². The maximum atomic E-state index is 9.24. The number of nitrogens with zero attached hydrogens (tertiary/aromatic N) is 3. The Morgan fingerprint density at radius 3 is 2.56 bits per heavy atom. The van der Waals surface area contributed by atoms with E-state index in [0.29, 0.717) is 12.2 Å². The lowest BCUT2D eigenvalue weighted by Gasteiger charge is -2.19. The van der Waals surface area contributed by atoms with Crippen molar-refractivity contribution in [2.24, 2.45) is 0 Å². The number of fused-ring (bicyclic) bond motifs is 1. The number of rotatable bonds is 7. The quantitative estimate of drug-likeness (QED) is 0.500. The molecule has 0 saturated heterocycles. The van der Waals surface area contributed by atoms with E-state index in [2.05, 4.69) is 46.3 Å². The summed E-state index contributed by atoms with van der Waals surface area (Å²) in [5, 5.41) is 20.5. The van der Waals surface area contributed by atoms with Gasteiger partial charge in [0.15, 0.2) is 0 Å². The van der Waals surface area contributed by atoms with Crippen molar-refractivity contribution >= 4 is 22.7 Å². The van der Waals surface area contributed by atoms with Crippen LogP contribution >= 0.6 is 0 Å². The number of aromatic amines is 1. The lowest BCUT2D eigenvalue weighted by atomic mass is 10.1. The number of hydrogen-bond donors (Lipinski definition) is 4. The maximum Gasteiger partial charge on any atom is 0.222 e. The van der Waals surface area contributed by atoms with Gasteiger partial charge in [-0.05, 0) is 31.0 Å². The molecule has 7 nitrogen and oxygen atoms in total. The molecule has 1 aromatic carbocycles. The number of nitrogens with two attached hydrogens (primary N) is 1. The molecule has 0 bridgehead atoms. The van der Waals surface area contributed by atoms with Gasteiger partial charge in [-0.15, -0.1) is 0 Å². The SMILES string of the molecule is CCC.CCCC(CCO)Nc1nc(N)nc2cc(-c3ccn[nH]3)ccc12. The molecule has 3 rings (SSSR count). The Labute approximate surface area is 160 Å². The minimum absolute atomic E-state index is 0.139. The van der Waals surface area contributed by atoms with Crippen LogP contribution in [0.2, 0.25) is 0 Å². The molecule has 0 amide bonds. The number of nitrogen functional groups attached to an aromatic ring is 1. The van der Waals surface area contributed by atoms with Crippen LogP contribution in [0.5, 0.6) is 0 Å². The lowest BCUT2D eigenvalue weighted by Crippen LogP contribution is -2.22. The number of H-pyrrole nitrogens is 1. The Kier molecular flexibility index (Phi) is 8.00. The summed E-state index contributed by atoms with van der Waals surface area (Å²) in [6.07, 6.45) is 5.62. The molecule has 2 heterocycles. The zero-order chi connectivity index (χ0) is 19.6. The summed E-state index contributed by atoms with van der Waals surface area (Å²) < 4.78 is 0. The molecule has 0 saturated carbocycles. The van der Waals surface area contributed by atoms with E-state index in [1.54, 1.807) is 6.20 Å². The minimum Gasteiger partial charge on any atom is -0.396 e. The first-order chi connectivity index (χ1) is 13.1. The molecule has 5 N–H and O–H groups in total. The van der Waals surface area contributed by atoms with Crippen molar-refractivity contribution < 1.29 is 5.11 Å².